The number of aryl methyl sites for hydroxylation is 1. The molecule has 22 heavy (non-hydrogen) atoms. The second-order valence-corrected chi connectivity index (χ2v) is 5.44. The zero-order valence-electron chi connectivity index (χ0n) is 12.7. The van der Waals surface area contributed by atoms with Crippen molar-refractivity contribution in [2.75, 3.05) is 12.4 Å². The number of rotatable bonds is 5. The number of anilines is 1. The molecule has 0 spiro atoms. The van der Waals surface area contributed by atoms with Crippen LogP contribution in [0.25, 0.3) is 0 Å². The van der Waals surface area contributed by atoms with Gasteiger partial charge in [-0.1, -0.05) is 6.07 Å². The minimum Gasteiger partial charge on any atom is -0.437 e. The summed E-state index contributed by atoms with van der Waals surface area (Å²) in [7, 11) is 1.82. The maximum atomic E-state index is 12.1. The van der Waals surface area contributed by atoms with Crippen LogP contribution in [0.1, 0.15) is 28.8 Å². The number of benzene rings is 1. The average Bonchev–Trinajstić information content (AvgIpc) is 3.34. The number of carbonyl (C=O) groups excluding carboxylic acids is 1. The van der Waals surface area contributed by atoms with Crippen molar-refractivity contribution in [1.82, 2.24) is 10.3 Å². The molecule has 1 amide bonds. The molecule has 5 heteroatoms. The summed E-state index contributed by atoms with van der Waals surface area (Å²) in [5.74, 6) is 1.08. The molecule has 1 aliphatic carbocycles. The van der Waals surface area contributed by atoms with E-state index in [1.165, 1.54) is 0 Å². The smallest absolute Gasteiger partial charge is 0.251 e. The second-order valence-electron chi connectivity index (χ2n) is 5.44. The molecule has 1 heterocycles. The van der Waals surface area contributed by atoms with Gasteiger partial charge in [0.05, 0.1) is 5.69 Å². The Morgan fingerprint density at radius 2 is 2.14 bits per heavy atom. The molecule has 1 saturated carbocycles. The number of nitrogens with zero attached hydrogens (tertiary/aromatic N) is 1. The molecule has 0 unspecified atom stereocenters. The summed E-state index contributed by atoms with van der Waals surface area (Å²) in [4.78, 5) is 16.4. The minimum absolute atomic E-state index is 0.0535. The van der Waals surface area contributed by atoms with E-state index in [4.69, 9.17) is 4.74 Å². The van der Waals surface area contributed by atoms with Gasteiger partial charge >= 0.3 is 0 Å². The molecule has 0 atom stereocenters. The lowest BCUT2D eigenvalue weighted by Crippen LogP contribution is -2.25. The summed E-state index contributed by atoms with van der Waals surface area (Å²) in [5.41, 5.74) is 2.36. The van der Waals surface area contributed by atoms with E-state index in [1.54, 1.807) is 12.3 Å². The quantitative estimate of drug-likeness (QED) is 0.890. The Bertz CT molecular complexity index is 696. The summed E-state index contributed by atoms with van der Waals surface area (Å²) in [6, 6.07) is 9.54. The third-order valence-electron chi connectivity index (χ3n) is 3.61. The minimum atomic E-state index is -0.0535. The zero-order valence-corrected chi connectivity index (χ0v) is 12.7. The summed E-state index contributed by atoms with van der Waals surface area (Å²) in [6.45, 7) is 1.94. The first-order valence-electron chi connectivity index (χ1n) is 7.39. The highest BCUT2D eigenvalue weighted by atomic mass is 16.5. The van der Waals surface area contributed by atoms with Gasteiger partial charge in [-0.2, -0.15) is 0 Å². The number of carbonyl (C=O) groups is 1. The van der Waals surface area contributed by atoms with Gasteiger partial charge < -0.3 is 15.4 Å². The highest BCUT2D eigenvalue weighted by molar-refractivity contribution is 5.95. The fourth-order valence-corrected chi connectivity index (χ4v) is 2.11. The SMILES string of the molecule is CNc1cccnc1Oc1cc(C(=O)NC2CC2)ccc1C. The monoisotopic (exact) mass is 297 g/mol. The molecule has 3 rings (SSSR count). The highest BCUT2D eigenvalue weighted by Gasteiger charge is 2.24. The molecule has 5 nitrogen and oxygen atoms in total. The molecule has 2 N–H and O–H groups in total. The van der Waals surface area contributed by atoms with Gasteiger partial charge in [-0.05, 0) is 49.6 Å². The third-order valence-corrected chi connectivity index (χ3v) is 3.61. The first kappa shape index (κ1) is 14.4. The number of nitrogens with one attached hydrogen (secondary N) is 2. The molecular formula is C17H19N3O2. The van der Waals surface area contributed by atoms with Crippen molar-refractivity contribution >= 4 is 11.6 Å². The van der Waals surface area contributed by atoms with Crippen LogP contribution < -0.4 is 15.4 Å². The van der Waals surface area contributed by atoms with Gasteiger partial charge in [0.1, 0.15) is 5.75 Å². The number of aromatic nitrogens is 1. The van der Waals surface area contributed by atoms with Crippen LogP contribution in [-0.2, 0) is 0 Å². The molecule has 0 aliphatic heterocycles. The number of hydrogen-bond acceptors (Lipinski definition) is 4. The normalized spacial score (nSPS) is 13.5. The van der Waals surface area contributed by atoms with E-state index >= 15 is 0 Å². The summed E-state index contributed by atoms with van der Waals surface area (Å²) in [5, 5.41) is 6.02. The predicted molar refractivity (Wildman–Crippen MR) is 85.5 cm³/mol. The van der Waals surface area contributed by atoms with Crippen molar-refractivity contribution in [2.24, 2.45) is 0 Å². The van der Waals surface area contributed by atoms with Gasteiger partial charge in [0.2, 0.25) is 5.88 Å². The largest absolute Gasteiger partial charge is 0.437 e. The molecule has 0 bridgehead atoms. The average molecular weight is 297 g/mol. The Balaban J connectivity index is 1.84. The van der Waals surface area contributed by atoms with Crippen LogP contribution in [0.4, 0.5) is 5.69 Å². The molecule has 2 aromatic rings. The third kappa shape index (κ3) is 3.19. The molecular weight excluding hydrogens is 278 g/mol. The van der Waals surface area contributed by atoms with Crippen molar-refractivity contribution in [3.05, 3.63) is 47.7 Å². The van der Waals surface area contributed by atoms with Crippen LogP contribution in [0.2, 0.25) is 0 Å². The van der Waals surface area contributed by atoms with Gasteiger partial charge in [0.15, 0.2) is 0 Å². The molecule has 1 aliphatic rings. The molecule has 0 saturated heterocycles. The lowest BCUT2D eigenvalue weighted by atomic mass is 10.1. The van der Waals surface area contributed by atoms with E-state index in [2.05, 4.69) is 15.6 Å². The fourth-order valence-electron chi connectivity index (χ4n) is 2.11. The Kier molecular flexibility index (Phi) is 3.96. The van der Waals surface area contributed by atoms with Crippen molar-refractivity contribution in [2.45, 2.75) is 25.8 Å². The second kappa shape index (κ2) is 6.05. The van der Waals surface area contributed by atoms with Crippen molar-refractivity contribution < 1.29 is 9.53 Å². The Hall–Kier alpha value is -2.56. The van der Waals surface area contributed by atoms with Crippen molar-refractivity contribution in [3.8, 4) is 11.6 Å². The molecule has 1 fully saturated rings. The van der Waals surface area contributed by atoms with Gasteiger partial charge in [-0.25, -0.2) is 4.98 Å². The van der Waals surface area contributed by atoms with E-state index in [-0.39, 0.29) is 5.91 Å². The summed E-state index contributed by atoms with van der Waals surface area (Å²) in [6.07, 6.45) is 3.82. The first-order valence-corrected chi connectivity index (χ1v) is 7.39. The molecule has 1 aromatic heterocycles. The molecule has 0 radical (unpaired) electrons. The Morgan fingerprint density at radius 3 is 2.86 bits per heavy atom. The zero-order chi connectivity index (χ0) is 15.5. The maximum Gasteiger partial charge on any atom is 0.251 e. The topological polar surface area (TPSA) is 63.3 Å². The van der Waals surface area contributed by atoms with Crippen LogP contribution in [0.3, 0.4) is 0 Å². The van der Waals surface area contributed by atoms with Crippen LogP contribution >= 0.6 is 0 Å². The van der Waals surface area contributed by atoms with E-state index in [0.29, 0.717) is 23.2 Å². The summed E-state index contributed by atoms with van der Waals surface area (Å²) >= 11 is 0. The van der Waals surface area contributed by atoms with Gasteiger partial charge in [-0.3, -0.25) is 4.79 Å². The van der Waals surface area contributed by atoms with Crippen molar-refractivity contribution in [1.29, 1.82) is 0 Å². The van der Waals surface area contributed by atoms with E-state index in [1.807, 2.05) is 38.2 Å². The first-order chi connectivity index (χ1) is 10.7. The van der Waals surface area contributed by atoms with Crippen LogP contribution in [0.15, 0.2) is 36.5 Å². The standard InChI is InChI=1S/C17H19N3O2/c1-11-5-6-12(16(21)20-13-7-8-13)10-15(11)22-17-14(18-2)4-3-9-19-17/h3-6,9-10,13,18H,7-8H2,1-2H3,(H,20,21). The van der Waals surface area contributed by atoms with Gasteiger partial charge in [0.25, 0.3) is 5.91 Å². The number of pyridine rings is 1. The van der Waals surface area contributed by atoms with Crippen LogP contribution in [0, 0.1) is 6.92 Å². The predicted octanol–water partition coefficient (Wildman–Crippen LogP) is 3.12. The Labute approximate surface area is 129 Å². The van der Waals surface area contributed by atoms with E-state index in [9.17, 15) is 4.79 Å². The van der Waals surface area contributed by atoms with Gasteiger partial charge in [0, 0.05) is 24.8 Å². The number of ether oxygens (including phenoxy) is 1. The highest BCUT2D eigenvalue weighted by Crippen LogP contribution is 2.29. The maximum absolute atomic E-state index is 12.1. The number of hydrogen-bond donors (Lipinski definition) is 2. The lowest BCUT2D eigenvalue weighted by molar-refractivity contribution is 0.0950. The van der Waals surface area contributed by atoms with Crippen LogP contribution in [0.5, 0.6) is 11.6 Å². The van der Waals surface area contributed by atoms with Gasteiger partial charge in [-0.15, -0.1) is 0 Å². The molecule has 1 aromatic carbocycles. The lowest BCUT2D eigenvalue weighted by Gasteiger charge is -2.12. The van der Waals surface area contributed by atoms with Crippen molar-refractivity contribution in [3.63, 3.8) is 0 Å². The number of amides is 1. The van der Waals surface area contributed by atoms with E-state index < -0.39 is 0 Å². The van der Waals surface area contributed by atoms with Crippen LogP contribution in [-0.4, -0.2) is 24.0 Å². The Morgan fingerprint density at radius 1 is 1.32 bits per heavy atom. The fraction of sp³-hybridized carbons (Fsp3) is 0.294. The molecule has 114 valence electrons. The van der Waals surface area contributed by atoms with E-state index in [0.717, 1.165) is 24.1 Å². The summed E-state index contributed by atoms with van der Waals surface area (Å²) < 4.78 is 5.89.